The van der Waals surface area contributed by atoms with Crippen molar-refractivity contribution in [1.82, 2.24) is 0 Å². The predicted molar refractivity (Wildman–Crippen MR) is 77.7 cm³/mol. The van der Waals surface area contributed by atoms with Gasteiger partial charge >= 0.3 is 0 Å². The molecule has 0 saturated heterocycles. The number of methoxy groups -OCH3 is 2. The van der Waals surface area contributed by atoms with Gasteiger partial charge in [-0.25, -0.2) is 0 Å². The highest BCUT2D eigenvalue weighted by molar-refractivity contribution is 5.68. The van der Waals surface area contributed by atoms with Gasteiger partial charge in [0.05, 0.1) is 25.6 Å². The summed E-state index contributed by atoms with van der Waals surface area (Å²) >= 11 is 0. The van der Waals surface area contributed by atoms with Gasteiger partial charge < -0.3 is 20.5 Å². The monoisotopic (exact) mass is 258 g/mol. The Morgan fingerprint density at radius 3 is 2.47 bits per heavy atom. The maximum absolute atomic E-state index is 5.92. The van der Waals surface area contributed by atoms with Crippen LogP contribution in [0, 0.1) is 0 Å². The fraction of sp³-hybridized carbons (Fsp3) is 0.200. The number of ether oxygens (including phenoxy) is 2. The van der Waals surface area contributed by atoms with Crippen LogP contribution in [-0.2, 0) is 6.54 Å². The fourth-order valence-electron chi connectivity index (χ4n) is 1.80. The molecule has 0 fully saturated rings. The SMILES string of the molecule is COc1cccc(CNc2cc(OC)ccc2N)c1. The molecule has 0 aromatic heterocycles. The number of nitrogens with one attached hydrogen (secondary N) is 1. The molecule has 2 aromatic rings. The second-order valence-corrected chi connectivity index (χ2v) is 4.16. The van der Waals surface area contributed by atoms with Gasteiger partial charge in [0.15, 0.2) is 0 Å². The molecule has 4 heteroatoms. The Labute approximate surface area is 113 Å². The number of nitrogen functional groups attached to an aromatic ring is 1. The van der Waals surface area contributed by atoms with Crippen LogP contribution in [0.1, 0.15) is 5.56 Å². The lowest BCUT2D eigenvalue weighted by molar-refractivity contribution is 0.414. The molecule has 2 aromatic carbocycles. The lowest BCUT2D eigenvalue weighted by atomic mass is 10.2. The highest BCUT2D eigenvalue weighted by atomic mass is 16.5. The van der Waals surface area contributed by atoms with Gasteiger partial charge in [0, 0.05) is 12.6 Å². The summed E-state index contributed by atoms with van der Waals surface area (Å²) < 4.78 is 10.4. The third-order valence-corrected chi connectivity index (χ3v) is 2.88. The normalized spacial score (nSPS) is 10.0. The highest BCUT2D eigenvalue weighted by Crippen LogP contribution is 2.25. The Morgan fingerprint density at radius 2 is 1.74 bits per heavy atom. The van der Waals surface area contributed by atoms with E-state index in [-0.39, 0.29) is 0 Å². The third-order valence-electron chi connectivity index (χ3n) is 2.88. The average Bonchev–Trinajstić information content (AvgIpc) is 2.46. The van der Waals surface area contributed by atoms with Gasteiger partial charge in [0.25, 0.3) is 0 Å². The zero-order valence-corrected chi connectivity index (χ0v) is 11.1. The Morgan fingerprint density at radius 1 is 1.00 bits per heavy atom. The lowest BCUT2D eigenvalue weighted by Gasteiger charge is -2.11. The minimum absolute atomic E-state index is 0.675. The smallest absolute Gasteiger partial charge is 0.121 e. The molecule has 0 aliphatic rings. The van der Waals surface area contributed by atoms with Gasteiger partial charge in [-0.1, -0.05) is 12.1 Å². The first-order valence-electron chi connectivity index (χ1n) is 6.03. The van der Waals surface area contributed by atoms with Gasteiger partial charge in [-0.05, 0) is 29.8 Å². The molecule has 0 amide bonds. The molecule has 4 nitrogen and oxygen atoms in total. The summed E-state index contributed by atoms with van der Waals surface area (Å²) in [7, 11) is 3.30. The van der Waals surface area contributed by atoms with Gasteiger partial charge in [0.1, 0.15) is 11.5 Å². The van der Waals surface area contributed by atoms with Crippen molar-refractivity contribution in [3.05, 3.63) is 48.0 Å². The van der Waals surface area contributed by atoms with Crippen molar-refractivity contribution >= 4 is 11.4 Å². The van der Waals surface area contributed by atoms with Crippen LogP contribution >= 0.6 is 0 Å². The molecule has 0 radical (unpaired) electrons. The zero-order valence-electron chi connectivity index (χ0n) is 11.1. The van der Waals surface area contributed by atoms with E-state index < -0.39 is 0 Å². The van der Waals surface area contributed by atoms with E-state index in [1.807, 2.05) is 42.5 Å². The van der Waals surface area contributed by atoms with E-state index >= 15 is 0 Å². The minimum atomic E-state index is 0.675. The van der Waals surface area contributed by atoms with Crippen molar-refractivity contribution in [2.45, 2.75) is 6.54 Å². The van der Waals surface area contributed by atoms with Crippen LogP contribution in [0.3, 0.4) is 0 Å². The Hall–Kier alpha value is -2.36. The van der Waals surface area contributed by atoms with Gasteiger partial charge in [-0.15, -0.1) is 0 Å². The number of hydrogen-bond acceptors (Lipinski definition) is 4. The summed E-state index contributed by atoms with van der Waals surface area (Å²) in [6, 6.07) is 13.5. The molecule has 100 valence electrons. The molecule has 0 saturated carbocycles. The first-order chi connectivity index (χ1) is 9.22. The standard InChI is InChI=1S/C15H18N2O2/c1-18-12-5-3-4-11(8-12)10-17-15-9-13(19-2)6-7-14(15)16/h3-9,17H,10,16H2,1-2H3. The number of rotatable bonds is 5. The van der Waals surface area contributed by atoms with Gasteiger partial charge in [0.2, 0.25) is 0 Å². The number of hydrogen-bond donors (Lipinski definition) is 2. The van der Waals surface area contributed by atoms with Crippen LogP contribution < -0.4 is 20.5 Å². The van der Waals surface area contributed by atoms with E-state index in [9.17, 15) is 0 Å². The molecule has 0 aliphatic heterocycles. The van der Waals surface area contributed by atoms with Crippen molar-refractivity contribution in [3.8, 4) is 11.5 Å². The first-order valence-corrected chi connectivity index (χ1v) is 6.03. The molecule has 0 aliphatic carbocycles. The van der Waals surface area contributed by atoms with E-state index in [0.717, 1.165) is 22.7 Å². The quantitative estimate of drug-likeness (QED) is 0.810. The third kappa shape index (κ3) is 3.31. The summed E-state index contributed by atoms with van der Waals surface area (Å²) in [6.45, 7) is 0.675. The van der Waals surface area contributed by atoms with Crippen LogP contribution in [0.25, 0.3) is 0 Å². The van der Waals surface area contributed by atoms with Crippen LogP contribution in [0.15, 0.2) is 42.5 Å². The van der Waals surface area contributed by atoms with Crippen LogP contribution in [0.4, 0.5) is 11.4 Å². The van der Waals surface area contributed by atoms with Crippen molar-refractivity contribution < 1.29 is 9.47 Å². The molecule has 3 N–H and O–H groups in total. The van der Waals surface area contributed by atoms with Gasteiger partial charge in [-0.2, -0.15) is 0 Å². The number of nitrogens with two attached hydrogens (primary N) is 1. The zero-order chi connectivity index (χ0) is 13.7. The second-order valence-electron chi connectivity index (χ2n) is 4.16. The summed E-state index contributed by atoms with van der Waals surface area (Å²) in [4.78, 5) is 0. The Bertz CT molecular complexity index is 556. The van der Waals surface area contributed by atoms with Crippen molar-refractivity contribution in [2.24, 2.45) is 0 Å². The molecule has 0 heterocycles. The minimum Gasteiger partial charge on any atom is -0.497 e. The molecule has 0 spiro atoms. The van der Waals surface area contributed by atoms with Crippen LogP contribution in [-0.4, -0.2) is 14.2 Å². The molecule has 2 rings (SSSR count). The lowest BCUT2D eigenvalue weighted by Crippen LogP contribution is -2.03. The number of anilines is 2. The van der Waals surface area contributed by atoms with Gasteiger partial charge in [-0.3, -0.25) is 0 Å². The van der Waals surface area contributed by atoms with E-state index in [4.69, 9.17) is 15.2 Å². The molecule has 0 unspecified atom stereocenters. The molecule has 0 atom stereocenters. The summed E-state index contributed by atoms with van der Waals surface area (Å²) in [5.74, 6) is 1.63. The predicted octanol–water partition coefficient (Wildman–Crippen LogP) is 2.90. The first kappa shape index (κ1) is 13.1. The van der Waals surface area contributed by atoms with Crippen molar-refractivity contribution in [2.75, 3.05) is 25.3 Å². The summed E-state index contributed by atoms with van der Waals surface area (Å²) in [6.07, 6.45) is 0. The van der Waals surface area contributed by atoms with Crippen LogP contribution in [0.2, 0.25) is 0 Å². The molecular weight excluding hydrogens is 240 g/mol. The Kier molecular flexibility index (Phi) is 4.13. The molecule has 0 bridgehead atoms. The van der Waals surface area contributed by atoms with Crippen molar-refractivity contribution in [3.63, 3.8) is 0 Å². The fourth-order valence-corrected chi connectivity index (χ4v) is 1.80. The average molecular weight is 258 g/mol. The number of benzene rings is 2. The van der Waals surface area contributed by atoms with Crippen LogP contribution in [0.5, 0.6) is 11.5 Å². The summed E-state index contributed by atoms with van der Waals surface area (Å²) in [5, 5.41) is 3.29. The van der Waals surface area contributed by atoms with E-state index in [2.05, 4.69) is 5.32 Å². The summed E-state index contributed by atoms with van der Waals surface area (Å²) in [5.41, 5.74) is 8.61. The largest absolute Gasteiger partial charge is 0.497 e. The van der Waals surface area contributed by atoms with Crippen molar-refractivity contribution in [1.29, 1.82) is 0 Å². The Balaban J connectivity index is 2.09. The maximum atomic E-state index is 5.92. The molecule has 19 heavy (non-hydrogen) atoms. The second kappa shape index (κ2) is 6.00. The van der Waals surface area contributed by atoms with E-state index in [1.54, 1.807) is 14.2 Å². The molecular formula is C15H18N2O2. The maximum Gasteiger partial charge on any atom is 0.121 e. The highest BCUT2D eigenvalue weighted by Gasteiger charge is 2.02. The van der Waals surface area contributed by atoms with E-state index in [0.29, 0.717) is 12.2 Å². The van der Waals surface area contributed by atoms with E-state index in [1.165, 1.54) is 0 Å². The topological polar surface area (TPSA) is 56.5 Å².